The first-order valence-corrected chi connectivity index (χ1v) is 11.2. The molecule has 1 heterocycles. The minimum Gasteiger partial charge on any atom is -0.274 e. The summed E-state index contributed by atoms with van der Waals surface area (Å²) < 4.78 is 0. The Morgan fingerprint density at radius 2 is 1.03 bits per heavy atom. The zero-order valence-electron chi connectivity index (χ0n) is 18.7. The van der Waals surface area contributed by atoms with E-state index in [-0.39, 0.29) is 23.7 Å². The third-order valence-electron chi connectivity index (χ3n) is 6.93. The van der Waals surface area contributed by atoms with Gasteiger partial charge in [-0.3, -0.25) is 9.59 Å². The summed E-state index contributed by atoms with van der Waals surface area (Å²) >= 11 is 0. The second kappa shape index (κ2) is 7.90. The van der Waals surface area contributed by atoms with Crippen LogP contribution in [0.3, 0.4) is 0 Å². The molecule has 3 heteroatoms. The number of carbonyl (C=O) groups is 2. The van der Waals surface area contributed by atoms with E-state index in [1.54, 1.807) is 0 Å². The lowest BCUT2D eigenvalue weighted by Crippen LogP contribution is -2.33. The van der Waals surface area contributed by atoms with Crippen LogP contribution in [0.5, 0.6) is 0 Å². The Balaban J connectivity index is 1.67. The monoisotopic (exact) mass is 421 g/mol. The van der Waals surface area contributed by atoms with Gasteiger partial charge < -0.3 is 0 Å². The van der Waals surface area contributed by atoms with Crippen LogP contribution in [0.15, 0.2) is 84.9 Å². The first-order valence-electron chi connectivity index (χ1n) is 11.2. The Bertz CT molecular complexity index is 1120. The number of imide groups is 1. The number of amides is 2. The normalized spacial score (nSPS) is 24.7. The molecule has 0 saturated carbocycles. The number of nitrogens with zero attached hydrogens (tertiary/aromatic N) is 1. The SMILES string of the molecule is Cc1cc(C)c(N2C(=O)[C@H]3[C@H](C2=O)[C@H](c2ccccc2)C=C[C@H]3c2ccccc2)c(C)c1. The lowest BCUT2D eigenvalue weighted by molar-refractivity contribution is -0.122. The molecule has 3 nitrogen and oxygen atoms in total. The second-order valence-electron chi connectivity index (χ2n) is 9.07. The smallest absolute Gasteiger partial charge is 0.238 e. The van der Waals surface area contributed by atoms with Crippen molar-refractivity contribution in [2.24, 2.45) is 11.8 Å². The number of carbonyl (C=O) groups excluding carboxylic acids is 2. The molecule has 1 saturated heterocycles. The first-order chi connectivity index (χ1) is 15.5. The Kier molecular flexibility index (Phi) is 5.05. The van der Waals surface area contributed by atoms with Crippen LogP contribution in [0.1, 0.15) is 39.7 Å². The maximum absolute atomic E-state index is 14.0. The predicted octanol–water partition coefficient (Wildman–Crippen LogP) is 5.85. The molecule has 32 heavy (non-hydrogen) atoms. The molecule has 0 radical (unpaired) electrons. The zero-order chi connectivity index (χ0) is 22.4. The molecular formula is C29H27NO2. The molecule has 0 aromatic heterocycles. The lowest BCUT2D eigenvalue weighted by atomic mass is 9.68. The fourth-order valence-corrected chi connectivity index (χ4v) is 5.68. The second-order valence-corrected chi connectivity index (χ2v) is 9.07. The number of hydrogen-bond donors (Lipinski definition) is 0. The standard InChI is InChI=1S/C29H27NO2/c1-18-16-19(2)27(20(3)17-18)30-28(31)25-23(21-10-6-4-7-11-21)14-15-24(26(25)29(30)32)22-12-8-5-9-13-22/h4-17,23-26H,1-3H3/t23-,24-,25+,26+/m0/s1. The number of aryl methyl sites for hydroxylation is 3. The van der Waals surface area contributed by atoms with Gasteiger partial charge in [0.25, 0.3) is 0 Å². The first kappa shape index (κ1) is 20.4. The summed E-state index contributed by atoms with van der Waals surface area (Å²) in [6.45, 7) is 6.01. The topological polar surface area (TPSA) is 37.4 Å². The highest BCUT2D eigenvalue weighted by Crippen LogP contribution is 2.50. The molecule has 0 bridgehead atoms. The maximum atomic E-state index is 14.0. The third-order valence-corrected chi connectivity index (χ3v) is 6.93. The van der Waals surface area contributed by atoms with Crippen molar-refractivity contribution in [2.75, 3.05) is 4.90 Å². The molecule has 2 aliphatic rings. The van der Waals surface area contributed by atoms with Crippen molar-refractivity contribution in [1.29, 1.82) is 0 Å². The van der Waals surface area contributed by atoms with E-state index in [1.165, 1.54) is 4.90 Å². The Hall–Kier alpha value is -3.46. The van der Waals surface area contributed by atoms with Crippen LogP contribution in [0, 0.1) is 32.6 Å². The summed E-state index contributed by atoms with van der Waals surface area (Å²) in [5, 5.41) is 0. The molecule has 4 atom stereocenters. The maximum Gasteiger partial charge on any atom is 0.238 e. The van der Waals surface area contributed by atoms with Gasteiger partial charge in [-0.25, -0.2) is 4.90 Å². The third kappa shape index (κ3) is 3.20. The van der Waals surface area contributed by atoms with Crippen LogP contribution in [-0.2, 0) is 9.59 Å². The summed E-state index contributed by atoms with van der Waals surface area (Å²) in [5.74, 6) is -1.24. The summed E-state index contributed by atoms with van der Waals surface area (Å²) in [4.78, 5) is 29.4. The van der Waals surface area contributed by atoms with Crippen molar-refractivity contribution in [3.05, 3.63) is 113 Å². The number of benzene rings is 3. The van der Waals surface area contributed by atoms with Crippen molar-refractivity contribution in [3.63, 3.8) is 0 Å². The van der Waals surface area contributed by atoms with Crippen molar-refractivity contribution >= 4 is 17.5 Å². The summed E-state index contributed by atoms with van der Waals surface area (Å²) in [6.07, 6.45) is 4.27. The molecule has 0 unspecified atom stereocenters. The van der Waals surface area contributed by atoms with Crippen LogP contribution in [0.4, 0.5) is 5.69 Å². The molecule has 5 rings (SSSR count). The number of hydrogen-bond acceptors (Lipinski definition) is 2. The van der Waals surface area contributed by atoms with Gasteiger partial charge in [-0.2, -0.15) is 0 Å². The average molecular weight is 422 g/mol. The van der Waals surface area contributed by atoms with Crippen LogP contribution < -0.4 is 4.90 Å². The molecule has 1 aliphatic heterocycles. The van der Waals surface area contributed by atoms with Crippen LogP contribution in [-0.4, -0.2) is 11.8 Å². The Labute approximate surface area is 189 Å². The van der Waals surface area contributed by atoms with E-state index >= 15 is 0 Å². The molecule has 1 fully saturated rings. The van der Waals surface area contributed by atoms with E-state index in [9.17, 15) is 9.59 Å². The van der Waals surface area contributed by atoms with E-state index in [0.29, 0.717) is 0 Å². The van der Waals surface area contributed by atoms with Gasteiger partial charge in [-0.05, 0) is 43.0 Å². The number of allylic oxidation sites excluding steroid dienone is 2. The summed E-state index contributed by atoms with van der Waals surface area (Å²) in [6, 6.07) is 24.2. The predicted molar refractivity (Wildman–Crippen MR) is 128 cm³/mol. The largest absolute Gasteiger partial charge is 0.274 e. The van der Waals surface area contributed by atoms with Crippen LogP contribution in [0.25, 0.3) is 0 Å². The van der Waals surface area contributed by atoms with Crippen molar-refractivity contribution in [3.8, 4) is 0 Å². The Morgan fingerprint density at radius 3 is 1.44 bits per heavy atom. The van der Waals surface area contributed by atoms with Crippen molar-refractivity contribution < 1.29 is 9.59 Å². The van der Waals surface area contributed by atoms with Crippen LogP contribution >= 0.6 is 0 Å². The van der Waals surface area contributed by atoms with E-state index in [0.717, 1.165) is 33.5 Å². The molecule has 2 amide bonds. The molecule has 1 aliphatic carbocycles. The van der Waals surface area contributed by atoms with Gasteiger partial charge in [0, 0.05) is 11.8 Å². The average Bonchev–Trinajstić information content (AvgIpc) is 3.05. The van der Waals surface area contributed by atoms with E-state index in [1.807, 2.05) is 69.3 Å². The number of fused-ring (bicyclic) bond motifs is 1. The minimum atomic E-state index is -0.416. The van der Waals surface area contributed by atoms with E-state index < -0.39 is 11.8 Å². The quantitative estimate of drug-likeness (QED) is 0.393. The van der Waals surface area contributed by atoms with Gasteiger partial charge in [0.1, 0.15) is 0 Å². The fraction of sp³-hybridized carbons (Fsp3) is 0.241. The van der Waals surface area contributed by atoms with Gasteiger partial charge in [-0.1, -0.05) is 90.5 Å². The highest BCUT2D eigenvalue weighted by Gasteiger charge is 2.55. The van der Waals surface area contributed by atoms with Crippen LogP contribution in [0.2, 0.25) is 0 Å². The highest BCUT2D eigenvalue weighted by atomic mass is 16.2. The van der Waals surface area contributed by atoms with Crippen molar-refractivity contribution in [1.82, 2.24) is 0 Å². The molecule has 160 valence electrons. The minimum absolute atomic E-state index is 0.0887. The number of anilines is 1. The molecule has 0 spiro atoms. The molecule has 3 aromatic carbocycles. The fourth-order valence-electron chi connectivity index (χ4n) is 5.68. The molecule has 0 N–H and O–H groups in total. The van der Waals surface area contributed by atoms with Gasteiger partial charge in [-0.15, -0.1) is 0 Å². The van der Waals surface area contributed by atoms with Gasteiger partial charge >= 0.3 is 0 Å². The molecule has 3 aromatic rings. The van der Waals surface area contributed by atoms with E-state index in [4.69, 9.17) is 0 Å². The van der Waals surface area contributed by atoms with Gasteiger partial charge in [0.2, 0.25) is 11.8 Å². The van der Waals surface area contributed by atoms with Gasteiger partial charge in [0.05, 0.1) is 17.5 Å². The lowest BCUT2D eigenvalue weighted by Gasteiger charge is -2.32. The summed E-state index contributed by atoms with van der Waals surface area (Å²) in [7, 11) is 0. The van der Waals surface area contributed by atoms with Gasteiger partial charge in [0.15, 0.2) is 0 Å². The zero-order valence-corrected chi connectivity index (χ0v) is 18.7. The molecular weight excluding hydrogens is 394 g/mol. The van der Waals surface area contributed by atoms with E-state index in [2.05, 4.69) is 36.4 Å². The summed E-state index contributed by atoms with van der Waals surface area (Å²) in [5.41, 5.74) is 5.95. The highest BCUT2D eigenvalue weighted by molar-refractivity contribution is 6.23. The number of rotatable bonds is 3. The van der Waals surface area contributed by atoms with Crippen molar-refractivity contribution in [2.45, 2.75) is 32.6 Å². The Morgan fingerprint density at radius 1 is 0.625 bits per heavy atom.